The maximum absolute atomic E-state index is 12.4. The van der Waals surface area contributed by atoms with Crippen molar-refractivity contribution in [1.29, 1.82) is 0 Å². The van der Waals surface area contributed by atoms with E-state index in [9.17, 15) is 15.0 Å². The van der Waals surface area contributed by atoms with E-state index in [1.54, 1.807) is 6.08 Å². The number of allylic oxidation sites excluding steroid dienone is 21. The van der Waals surface area contributed by atoms with Gasteiger partial charge in [0.25, 0.3) is 0 Å². The van der Waals surface area contributed by atoms with Crippen molar-refractivity contribution in [3.8, 4) is 0 Å². The minimum Gasteiger partial charge on any atom is -0.394 e. The first-order chi connectivity index (χ1) is 28.2. The van der Waals surface area contributed by atoms with Crippen molar-refractivity contribution in [3.05, 3.63) is 134 Å². The van der Waals surface area contributed by atoms with Crippen molar-refractivity contribution >= 4 is 5.91 Å². The van der Waals surface area contributed by atoms with Crippen LogP contribution in [0.1, 0.15) is 174 Å². The molecule has 4 nitrogen and oxygen atoms in total. The molecule has 0 aliphatic heterocycles. The lowest BCUT2D eigenvalue weighted by Gasteiger charge is -2.19. The summed E-state index contributed by atoms with van der Waals surface area (Å²) in [6, 6.07) is -0.663. The molecule has 2 unspecified atom stereocenters. The second-order valence-corrected chi connectivity index (χ2v) is 14.7. The molecule has 0 fully saturated rings. The van der Waals surface area contributed by atoms with Gasteiger partial charge in [-0.3, -0.25) is 4.79 Å². The van der Waals surface area contributed by atoms with Gasteiger partial charge in [-0.05, 0) is 109 Å². The molecule has 0 radical (unpaired) electrons. The zero-order valence-corrected chi connectivity index (χ0v) is 36.5. The van der Waals surface area contributed by atoms with Gasteiger partial charge in [-0.25, -0.2) is 0 Å². The lowest BCUT2D eigenvalue weighted by molar-refractivity contribution is -0.123. The van der Waals surface area contributed by atoms with Gasteiger partial charge in [0.15, 0.2) is 0 Å². The second-order valence-electron chi connectivity index (χ2n) is 14.7. The van der Waals surface area contributed by atoms with E-state index in [1.807, 2.05) is 6.08 Å². The van der Waals surface area contributed by atoms with Gasteiger partial charge in [-0.1, -0.05) is 192 Å². The van der Waals surface area contributed by atoms with Gasteiger partial charge in [-0.2, -0.15) is 0 Å². The molecule has 0 rings (SSSR count). The Balaban J connectivity index is 3.73. The van der Waals surface area contributed by atoms with Gasteiger partial charge in [-0.15, -0.1) is 0 Å². The number of carbonyl (C=O) groups is 1. The summed E-state index contributed by atoms with van der Waals surface area (Å²) in [5, 5.41) is 22.9. The predicted octanol–water partition coefficient (Wildman–Crippen LogP) is 14.7. The first-order valence-corrected chi connectivity index (χ1v) is 22.9. The first-order valence-electron chi connectivity index (χ1n) is 22.9. The molecule has 0 aromatic carbocycles. The summed E-state index contributed by atoms with van der Waals surface area (Å²) >= 11 is 0. The van der Waals surface area contributed by atoms with Gasteiger partial charge >= 0.3 is 0 Å². The fourth-order valence-electron chi connectivity index (χ4n) is 5.87. The number of carbonyl (C=O) groups excluding carboxylic acids is 1. The molecule has 1 amide bonds. The van der Waals surface area contributed by atoms with Crippen LogP contribution in [0.5, 0.6) is 0 Å². The summed E-state index contributed by atoms with van der Waals surface area (Å²) < 4.78 is 0. The van der Waals surface area contributed by atoms with Crippen LogP contribution in [0.25, 0.3) is 0 Å². The van der Waals surface area contributed by atoms with Crippen LogP contribution in [0, 0.1) is 0 Å². The molecular weight excluding hydrogens is 699 g/mol. The number of aliphatic hydroxyl groups excluding tert-OH is 2. The highest BCUT2D eigenvalue weighted by atomic mass is 16.3. The Labute approximate surface area is 351 Å². The molecule has 0 aliphatic rings. The third-order valence-corrected chi connectivity index (χ3v) is 9.35. The summed E-state index contributed by atoms with van der Waals surface area (Å²) in [6.45, 7) is 4.13. The monoisotopic (exact) mass is 784 g/mol. The molecule has 0 saturated heterocycles. The second kappa shape index (κ2) is 46.9. The highest BCUT2D eigenvalue weighted by Gasteiger charge is 2.17. The summed E-state index contributed by atoms with van der Waals surface area (Å²) in [5.41, 5.74) is 0. The average Bonchev–Trinajstić information content (AvgIpc) is 3.22. The standard InChI is InChI=1S/C53H85NO3/c1-3-5-7-9-11-13-15-17-19-20-21-22-23-24-25-26-27-28-29-30-31-32-33-34-35-37-39-41-43-45-47-49-53(57)54-51(50-55)52(56)48-46-44-42-40-38-36-18-16-14-12-10-8-6-4-2/h5,7,11,13-14,16-17,19,21-22,24-25,27-28,30-31,33-34,38,40,46,48,51-52,55-56H,3-4,6,8-10,12,15,18,20,23,26,29,32,35-37,39,41-45,47,49-50H2,1-2H3,(H,54,57)/b7-5-,13-11-,16-14+,19-17-,22-21-,25-24-,28-27-,31-30-,34-33-,40-38+,48-46+. The smallest absolute Gasteiger partial charge is 0.220 e. The van der Waals surface area contributed by atoms with E-state index in [-0.39, 0.29) is 12.5 Å². The molecule has 4 heteroatoms. The quantitative estimate of drug-likeness (QED) is 0.0429. The summed E-state index contributed by atoms with van der Waals surface area (Å²) in [5.74, 6) is -0.101. The Kier molecular flexibility index (Phi) is 44.1. The molecule has 0 heterocycles. The molecule has 0 aromatic rings. The highest BCUT2D eigenvalue weighted by Crippen LogP contribution is 2.10. The minimum absolute atomic E-state index is 0.101. The van der Waals surface area contributed by atoms with E-state index in [1.165, 1.54) is 51.4 Å². The number of hydrogen-bond donors (Lipinski definition) is 3. The fraction of sp³-hybridized carbons (Fsp3) is 0.566. The first kappa shape index (κ1) is 53.5. The molecule has 0 spiro atoms. The molecule has 2 atom stereocenters. The van der Waals surface area contributed by atoms with Crippen LogP contribution in [0.3, 0.4) is 0 Å². The van der Waals surface area contributed by atoms with E-state index in [0.29, 0.717) is 6.42 Å². The normalized spacial score (nSPS) is 14.2. The van der Waals surface area contributed by atoms with Gasteiger partial charge in [0, 0.05) is 6.42 Å². The highest BCUT2D eigenvalue weighted by molar-refractivity contribution is 5.76. The van der Waals surface area contributed by atoms with E-state index in [2.05, 4.69) is 141 Å². The molecular formula is C53H85NO3. The fourth-order valence-corrected chi connectivity index (χ4v) is 5.87. The molecule has 0 aliphatic carbocycles. The zero-order chi connectivity index (χ0) is 41.4. The number of unbranched alkanes of at least 4 members (excludes halogenated alkanes) is 12. The van der Waals surface area contributed by atoms with Gasteiger partial charge in [0.1, 0.15) is 0 Å². The van der Waals surface area contributed by atoms with E-state index < -0.39 is 12.1 Å². The molecule has 3 N–H and O–H groups in total. The van der Waals surface area contributed by atoms with Gasteiger partial charge in [0.05, 0.1) is 18.8 Å². The summed E-state index contributed by atoms with van der Waals surface area (Å²) in [4.78, 5) is 12.4. The van der Waals surface area contributed by atoms with Crippen molar-refractivity contribution in [2.24, 2.45) is 0 Å². The van der Waals surface area contributed by atoms with Crippen LogP contribution in [0.15, 0.2) is 134 Å². The van der Waals surface area contributed by atoms with E-state index in [0.717, 1.165) is 103 Å². The third-order valence-electron chi connectivity index (χ3n) is 9.35. The van der Waals surface area contributed by atoms with E-state index >= 15 is 0 Å². The van der Waals surface area contributed by atoms with Gasteiger partial charge < -0.3 is 15.5 Å². The molecule has 57 heavy (non-hydrogen) atoms. The number of nitrogens with one attached hydrogen (secondary N) is 1. The Morgan fingerprint density at radius 1 is 0.439 bits per heavy atom. The molecule has 320 valence electrons. The minimum atomic E-state index is -0.885. The van der Waals surface area contributed by atoms with Crippen LogP contribution < -0.4 is 5.32 Å². The number of hydrogen-bond acceptors (Lipinski definition) is 3. The Hall–Kier alpha value is -3.47. The number of amides is 1. The van der Waals surface area contributed by atoms with Crippen LogP contribution in [0.4, 0.5) is 0 Å². The Morgan fingerprint density at radius 2 is 0.789 bits per heavy atom. The van der Waals surface area contributed by atoms with Crippen molar-refractivity contribution in [2.75, 3.05) is 6.61 Å². The van der Waals surface area contributed by atoms with Crippen LogP contribution in [0.2, 0.25) is 0 Å². The summed E-state index contributed by atoms with van der Waals surface area (Å²) in [7, 11) is 0. The van der Waals surface area contributed by atoms with Crippen LogP contribution in [-0.4, -0.2) is 34.9 Å². The van der Waals surface area contributed by atoms with Crippen molar-refractivity contribution in [3.63, 3.8) is 0 Å². The topological polar surface area (TPSA) is 69.6 Å². The Morgan fingerprint density at radius 3 is 1.23 bits per heavy atom. The van der Waals surface area contributed by atoms with Gasteiger partial charge in [0.2, 0.25) is 5.91 Å². The zero-order valence-electron chi connectivity index (χ0n) is 36.5. The molecule has 0 bridgehead atoms. The van der Waals surface area contributed by atoms with Crippen LogP contribution >= 0.6 is 0 Å². The number of aliphatic hydroxyl groups is 2. The van der Waals surface area contributed by atoms with Crippen LogP contribution in [-0.2, 0) is 4.79 Å². The predicted molar refractivity (Wildman–Crippen MR) is 252 cm³/mol. The molecule has 0 saturated carbocycles. The Bertz CT molecular complexity index is 1210. The third kappa shape index (κ3) is 43.5. The lowest BCUT2D eigenvalue weighted by Crippen LogP contribution is -2.45. The summed E-state index contributed by atoms with van der Waals surface area (Å²) in [6.07, 6.45) is 74.1. The van der Waals surface area contributed by atoms with Crippen molar-refractivity contribution in [1.82, 2.24) is 5.32 Å². The maximum atomic E-state index is 12.4. The van der Waals surface area contributed by atoms with Crippen molar-refractivity contribution < 1.29 is 15.0 Å². The van der Waals surface area contributed by atoms with Crippen molar-refractivity contribution in [2.45, 2.75) is 187 Å². The molecule has 0 aromatic heterocycles. The van der Waals surface area contributed by atoms with E-state index in [4.69, 9.17) is 0 Å². The SMILES string of the molecule is CC/C=C\C/C=C\C/C=C\C/C=C\C/C=C\C/C=C\C/C=C\C/C=C\CCCCCCCCC(=O)NC(CO)C(O)/C=C/CC/C=C/CC/C=C/CCCCCC. The average molecular weight is 784 g/mol. The largest absolute Gasteiger partial charge is 0.394 e. The lowest BCUT2D eigenvalue weighted by atomic mass is 10.1. The maximum Gasteiger partial charge on any atom is 0.220 e. The number of rotatable bonds is 39.